The third-order valence-electron chi connectivity index (χ3n) is 5.72. The molecule has 1 heterocycles. The van der Waals surface area contributed by atoms with Crippen LogP contribution in [0.4, 0.5) is 5.82 Å². The highest BCUT2D eigenvalue weighted by atomic mass is 35.5. The fourth-order valence-corrected chi connectivity index (χ4v) is 4.29. The number of ether oxygens (including phenoxy) is 1. The summed E-state index contributed by atoms with van der Waals surface area (Å²) in [5.41, 5.74) is 7.48. The highest BCUT2D eigenvalue weighted by Gasteiger charge is 2.26. The summed E-state index contributed by atoms with van der Waals surface area (Å²) in [5, 5.41) is 16.0. The van der Waals surface area contributed by atoms with E-state index in [1.165, 1.54) is 0 Å². The Bertz CT molecular complexity index is 1160. The Labute approximate surface area is 223 Å². The van der Waals surface area contributed by atoms with Gasteiger partial charge in [-0.3, -0.25) is 5.41 Å². The molecule has 5 N–H and O–H groups in total. The summed E-state index contributed by atoms with van der Waals surface area (Å²) in [6.45, 7) is 2.55. The first-order valence-electron chi connectivity index (χ1n) is 11.3. The molecule has 2 aromatic carbocycles. The van der Waals surface area contributed by atoms with Gasteiger partial charge in [-0.2, -0.15) is 0 Å². The van der Waals surface area contributed by atoms with Crippen LogP contribution in [0.2, 0.25) is 5.02 Å². The van der Waals surface area contributed by atoms with Crippen LogP contribution in [0.15, 0.2) is 42.5 Å². The Morgan fingerprint density at radius 2 is 1.80 bits per heavy atom. The van der Waals surface area contributed by atoms with Gasteiger partial charge in [0.05, 0.1) is 12.1 Å². The minimum atomic E-state index is -0.00790. The molecule has 1 aliphatic carbocycles. The quantitative estimate of drug-likeness (QED) is 0.221. The van der Waals surface area contributed by atoms with Crippen molar-refractivity contribution in [3.63, 3.8) is 0 Å². The molecule has 35 heavy (non-hydrogen) atoms. The van der Waals surface area contributed by atoms with Crippen molar-refractivity contribution in [1.82, 2.24) is 15.3 Å². The number of nitrogens with one attached hydrogen (secondary N) is 3. The maximum Gasteiger partial charge on any atom is 0.185 e. The molecule has 0 bridgehead atoms. The minimum Gasteiger partial charge on any atom is -0.494 e. The number of aromatic nitrogens is 2. The maximum atomic E-state index is 7.67. The minimum absolute atomic E-state index is 0. The van der Waals surface area contributed by atoms with E-state index in [-0.39, 0.29) is 42.9 Å². The van der Waals surface area contributed by atoms with Crippen molar-refractivity contribution < 1.29 is 4.74 Å². The van der Waals surface area contributed by atoms with Crippen molar-refractivity contribution >= 4 is 71.2 Å². The molecule has 4 rings (SSSR count). The molecule has 0 aliphatic heterocycles. The van der Waals surface area contributed by atoms with E-state index in [4.69, 9.17) is 37.4 Å². The molecule has 188 valence electrons. The first kappa shape index (κ1) is 28.5. The van der Waals surface area contributed by atoms with Crippen LogP contribution in [0, 0.1) is 5.41 Å². The highest BCUT2D eigenvalue weighted by Crippen LogP contribution is 2.29. The molecule has 1 aliphatic rings. The number of halogens is 3. The van der Waals surface area contributed by atoms with Crippen LogP contribution in [0.1, 0.15) is 44.0 Å². The van der Waals surface area contributed by atoms with E-state index in [0.717, 1.165) is 53.7 Å². The summed E-state index contributed by atoms with van der Waals surface area (Å²) >= 11 is 5.99. The van der Waals surface area contributed by atoms with Crippen molar-refractivity contribution in [3.05, 3.63) is 58.9 Å². The van der Waals surface area contributed by atoms with Gasteiger partial charge in [-0.1, -0.05) is 42.7 Å². The monoisotopic (exact) mass is 536 g/mol. The summed E-state index contributed by atoms with van der Waals surface area (Å²) in [4.78, 5) is 9.58. The second kappa shape index (κ2) is 13.4. The van der Waals surface area contributed by atoms with Crippen molar-refractivity contribution in [2.75, 3.05) is 11.9 Å². The van der Waals surface area contributed by atoms with Gasteiger partial charge in [-0.25, -0.2) is 9.97 Å². The molecule has 1 aromatic heterocycles. The average Bonchev–Trinajstić information content (AvgIpc) is 2.80. The molecule has 1 fully saturated rings. The number of nitrogens with zero attached hydrogens (tertiary/aromatic N) is 2. The molecule has 2 atom stereocenters. The molecule has 10 heteroatoms. The lowest BCUT2D eigenvalue weighted by Gasteiger charge is -2.33. The van der Waals surface area contributed by atoms with Gasteiger partial charge in [-0.15, -0.1) is 24.8 Å². The van der Waals surface area contributed by atoms with Crippen LogP contribution in [-0.2, 0) is 0 Å². The molecule has 3 aromatic rings. The van der Waals surface area contributed by atoms with E-state index >= 15 is 0 Å². The molecule has 0 radical (unpaired) electrons. The van der Waals surface area contributed by atoms with Gasteiger partial charge in [0, 0.05) is 22.5 Å². The third kappa shape index (κ3) is 7.62. The number of anilines is 1. The van der Waals surface area contributed by atoms with Crippen LogP contribution in [0.25, 0.3) is 23.1 Å². The topological polar surface area (TPSA) is 109 Å². The Morgan fingerprint density at radius 3 is 2.49 bits per heavy atom. The second-order valence-electron chi connectivity index (χ2n) is 8.13. The lowest BCUT2D eigenvalue weighted by molar-refractivity contribution is 0.340. The fourth-order valence-electron chi connectivity index (χ4n) is 4.16. The van der Waals surface area contributed by atoms with Crippen molar-refractivity contribution in [2.45, 2.75) is 44.7 Å². The van der Waals surface area contributed by atoms with E-state index in [0.29, 0.717) is 17.5 Å². The maximum absolute atomic E-state index is 7.67. The van der Waals surface area contributed by atoms with Gasteiger partial charge in [0.1, 0.15) is 11.6 Å². The molecule has 0 saturated heterocycles. The normalized spacial score (nSPS) is 17.3. The standard InChI is InChI=1S/C25H29ClN6O.2ClH/c1-2-33-18-12-13-20-19(15-18)24(30-21-5-3-4-6-22(21)31-25(27)28)32-23(29-20)14-9-16-7-10-17(26)11-8-16;;/h7-15,21-22H,2-6H2,1H3,(H4,27,28,31)(H,29,30,32);2*1H/t21-,22+;;/m0../s1. The predicted octanol–water partition coefficient (Wildman–Crippen LogP) is 5.90. The number of guanidine groups is 1. The van der Waals surface area contributed by atoms with E-state index in [2.05, 4.69) is 10.6 Å². The lowest BCUT2D eigenvalue weighted by Crippen LogP contribution is -2.50. The number of rotatable bonds is 7. The Hall–Kier alpha value is -2.74. The average molecular weight is 538 g/mol. The summed E-state index contributed by atoms with van der Waals surface area (Å²) in [7, 11) is 0. The summed E-state index contributed by atoms with van der Waals surface area (Å²) in [5.74, 6) is 2.13. The van der Waals surface area contributed by atoms with Crippen LogP contribution in [-0.4, -0.2) is 34.6 Å². The Morgan fingerprint density at radius 1 is 1.09 bits per heavy atom. The smallest absolute Gasteiger partial charge is 0.185 e. The molecule has 0 unspecified atom stereocenters. The molecule has 7 nitrogen and oxygen atoms in total. The first-order valence-corrected chi connectivity index (χ1v) is 11.6. The van der Waals surface area contributed by atoms with Crippen molar-refractivity contribution in [2.24, 2.45) is 5.73 Å². The summed E-state index contributed by atoms with van der Waals surface area (Å²) in [6, 6.07) is 13.7. The van der Waals surface area contributed by atoms with Crippen LogP contribution >= 0.6 is 36.4 Å². The predicted molar refractivity (Wildman–Crippen MR) is 150 cm³/mol. The second-order valence-corrected chi connectivity index (χ2v) is 8.56. The highest BCUT2D eigenvalue weighted by molar-refractivity contribution is 6.30. The van der Waals surface area contributed by atoms with Crippen LogP contribution < -0.4 is 21.1 Å². The van der Waals surface area contributed by atoms with E-state index in [1.807, 2.05) is 61.5 Å². The number of nitrogens with two attached hydrogens (primary N) is 1. The molecule has 1 saturated carbocycles. The largest absolute Gasteiger partial charge is 0.494 e. The fraction of sp³-hybridized carbons (Fsp3) is 0.320. The van der Waals surface area contributed by atoms with Gasteiger partial charge in [-0.05, 0) is 61.7 Å². The van der Waals surface area contributed by atoms with Crippen LogP contribution in [0.5, 0.6) is 5.75 Å². The van der Waals surface area contributed by atoms with Crippen molar-refractivity contribution in [1.29, 1.82) is 5.41 Å². The van der Waals surface area contributed by atoms with Gasteiger partial charge < -0.3 is 21.1 Å². The number of hydrogen-bond acceptors (Lipinski definition) is 5. The summed E-state index contributed by atoms with van der Waals surface area (Å²) in [6.07, 6.45) is 8.01. The van der Waals surface area contributed by atoms with Gasteiger partial charge >= 0.3 is 0 Å². The van der Waals surface area contributed by atoms with E-state index in [1.54, 1.807) is 0 Å². The zero-order valence-corrected chi connectivity index (χ0v) is 21.8. The van der Waals surface area contributed by atoms with Gasteiger partial charge in [0.2, 0.25) is 0 Å². The zero-order chi connectivity index (χ0) is 23.2. The van der Waals surface area contributed by atoms with Crippen LogP contribution in [0.3, 0.4) is 0 Å². The number of benzene rings is 2. The molecule has 0 amide bonds. The number of fused-ring (bicyclic) bond motifs is 1. The Kier molecular flexibility index (Phi) is 10.9. The Balaban J connectivity index is 0.00000216. The summed E-state index contributed by atoms with van der Waals surface area (Å²) < 4.78 is 5.71. The van der Waals surface area contributed by atoms with Crippen molar-refractivity contribution in [3.8, 4) is 5.75 Å². The van der Waals surface area contributed by atoms with Gasteiger partial charge in [0.15, 0.2) is 11.8 Å². The lowest BCUT2D eigenvalue weighted by atomic mass is 9.90. The first-order chi connectivity index (χ1) is 16.0. The number of hydrogen-bond donors (Lipinski definition) is 4. The molecular formula is C25H31Cl3N6O. The molecule has 0 spiro atoms. The molecular weight excluding hydrogens is 507 g/mol. The van der Waals surface area contributed by atoms with Gasteiger partial charge in [0.25, 0.3) is 0 Å². The zero-order valence-electron chi connectivity index (χ0n) is 19.5. The third-order valence-corrected chi connectivity index (χ3v) is 5.97. The van der Waals surface area contributed by atoms with E-state index in [9.17, 15) is 0 Å². The SMILES string of the molecule is CCOc1ccc2nc(C=Cc3ccc(Cl)cc3)nc(N[C@H]3CCCC[C@H]3NC(=N)N)c2c1.Cl.Cl. The van der Waals surface area contributed by atoms with E-state index < -0.39 is 0 Å².